The van der Waals surface area contributed by atoms with Gasteiger partial charge in [0.15, 0.2) is 5.96 Å². The van der Waals surface area contributed by atoms with Crippen LogP contribution in [0.15, 0.2) is 29.3 Å². The molecule has 1 atom stereocenters. The molecule has 0 saturated carbocycles. The Labute approximate surface area is 181 Å². The molecule has 166 valence electrons. The van der Waals surface area contributed by atoms with Gasteiger partial charge in [-0.25, -0.2) is 4.99 Å². The number of likely N-dealkylation sites (tertiary alicyclic amines) is 2. The van der Waals surface area contributed by atoms with Gasteiger partial charge in [-0.2, -0.15) is 0 Å². The summed E-state index contributed by atoms with van der Waals surface area (Å²) in [6.07, 6.45) is 4.32. The van der Waals surface area contributed by atoms with E-state index in [2.05, 4.69) is 53.2 Å². The normalized spacial score (nSPS) is 21.5. The molecule has 6 nitrogen and oxygen atoms in total. The average molecular weight is 415 g/mol. The largest absolute Gasteiger partial charge is 0.469 e. The lowest BCUT2D eigenvalue weighted by Gasteiger charge is -2.33. The van der Waals surface area contributed by atoms with Crippen LogP contribution in [-0.4, -0.2) is 61.6 Å². The number of esters is 1. The smallest absolute Gasteiger partial charge is 0.308 e. The van der Waals surface area contributed by atoms with Crippen molar-refractivity contribution in [3.63, 3.8) is 0 Å². The maximum atomic E-state index is 11.8. The lowest BCUT2D eigenvalue weighted by Crippen LogP contribution is -2.46. The van der Waals surface area contributed by atoms with Crippen LogP contribution in [-0.2, 0) is 22.6 Å². The Bertz CT molecular complexity index is 696. The number of guanidine groups is 1. The van der Waals surface area contributed by atoms with E-state index >= 15 is 0 Å². The minimum atomic E-state index is -0.0873. The Kier molecular flexibility index (Phi) is 8.55. The number of nitrogens with one attached hydrogen (secondary N) is 1. The summed E-state index contributed by atoms with van der Waals surface area (Å²) in [5, 5.41) is 3.40. The van der Waals surface area contributed by atoms with Crippen molar-refractivity contribution >= 4 is 11.9 Å². The summed E-state index contributed by atoms with van der Waals surface area (Å²) in [6, 6.07) is 8.91. The first-order valence-electron chi connectivity index (χ1n) is 11.5. The molecule has 2 aliphatic rings. The zero-order valence-corrected chi connectivity index (χ0v) is 18.9. The maximum absolute atomic E-state index is 11.8. The first kappa shape index (κ1) is 22.6. The highest BCUT2D eigenvalue weighted by atomic mass is 16.5. The highest BCUT2D eigenvalue weighted by Gasteiger charge is 2.27. The molecule has 0 radical (unpaired) electrons. The van der Waals surface area contributed by atoms with Gasteiger partial charge in [0.25, 0.3) is 0 Å². The van der Waals surface area contributed by atoms with E-state index in [1.165, 1.54) is 44.2 Å². The number of ether oxygens (including phenoxy) is 1. The highest BCUT2D eigenvalue weighted by molar-refractivity contribution is 5.80. The van der Waals surface area contributed by atoms with Gasteiger partial charge in [0.2, 0.25) is 0 Å². The second kappa shape index (κ2) is 11.3. The van der Waals surface area contributed by atoms with E-state index in [4.69, 9.17) is 9.73 Å². The number of piperidine rings is 2. The van der Waals surface area contributed by atoms with Crippen molar-refractivity contribution < 1.29 is 9.53 Å². The zero-order valence-electron chi connectivity index (χ0n) is 18.9. The van der Waals surface area contributed by atoms with Crippen molar-refractivity contribution in [2.75, 3.05) is 39.8 Å². The van der Waals surface area contributed by atoms with Crippen molar-refractivity contribution in [1.29, 1.82) is 0 Å². The Morgan fingerprint density at radius 1 is 1.13 bits per heavy atom. The highest BCUT2D eigenvalue weighted by Crippen LogP contribution is 2.20. The van der Waals surface area contributed by atoms with E-state index in [0.717, 1.165) is 50.9 Å². The second-order valence-corrected chi connectivity index (χ2v) is 8.75. The van der Waals surface area contributed by atoms with Gasteiger partial charge in [0.1, 0.15) is 0 Å². The van der Waals surface area contributed by atoms with Crippen LogP contribution in [0.25, 0.3) is 0 Å². The molecule has 0 amide bonds. The molecule has 1 aromatic rings. The molecule has 0 aliphatic carbocycles. The van der Waals surface area contributed by atoms with Crippen LogP contribution in [0.1, 0.15) is 50.7 Å². The van der Waals surface area contributed by atoms with Gasteiger partial charge < -0.3 is 15.0 Å². The van der Waals surface area contributed by atoms with Gasteiger partial charge in [-0.3, -0.25) is 9.69 Å². The molecule has 2 fully saturated rings. The summed E-state index contributed by atoms with van der Waals surface area (Å²) in [5.41, 5.74) is 2.61. The predicted octanol–water partition coefficient (Wildman–Crippen LogP) is 3.27. The predicted molar refractivity (Wildman–Crippen MR) is 121 cm³/mol. The lowest BCUT2D eigenvalue weighted by molar-refractivity contribution is -0.146. The summed E-state index contributed by atoms with van der Waals surface area (Å²) in [5.74, 6) is 1.68. The fourth-order valence-corrected chi connectivity index (χ4v) is 4.52. The topological polar surface area (TPSA) is 57.2 Å². The molecule has 3 rings (SSSR count). The molecule has 1 aromatic carbocycles. The number of hydrogen-bond acceptors (Lipinski definition) is 4. The summed E-state index contributed by atoms with van der Waals surface area (Å²) in [4.78, 5) is 21.4. The van der Waals surface area contributed by atoms with Gasteiger partial charge in [-0.05, 0) is 56.2 Å². The number of aliphatic imine (C=N–C) groups is 1. The third-order valence-corrected chi connectivity index (χ3v) is 6.25. The third-order valence-electron chi connectivity index (χ3n) is 6.25. The number of carbonyl (C=O) groups is 1. The first-order valence-corrected chi connectivity index (χ1v) is 11.5. The molecule has 6 heteroatoms. The zero-order chi connectivity index (χ0) is 21.3. The molecule has 30 heavy (non-hydrogen) atoms. The Morgan fingerprint density at radius 3 is 2.47 bits per heavy atom. The molecule has 0 aromatic heterocycles. The quantitative estimate of drug-likeness (QED) is 0.440. The minimum Gasteiger partial charge on any atom is -0.469 e. The number of nitrogens with zero attached hydrogens (tertiary/aromatic N) is 3. The van der Waals surface area contributed by atoms with E-state index in [9.17, 15) is 4.79 Å². The minimum absolute atomic E-state index is 0.0181. The Hall–Kier alpha value is -2.08. The van der Waals surface area contributed by atoms with Crippen LogP contribution in [0.2, 0.25) is 0 Å². The first-order chi connectivity index (χ1) is 14.6. The summed E-state index contributed by atoms with van der Waals surface area (Å²) < 4.78 is 4.89. The number of hydrogen-bond donors (Lipinski definition) is 1. The monoisotopic (exact) mass is 414 g/mol. The standard InChI is InChI=1S/C24H38N4O2/c1-4-25-24(28-14-11-22(12-15-28)23(29)30-3)26-16-20-7-9-21(10-8-20)18-27-13-5-6-19(2)17-27/h7-10,19,22H,4-6,11-18H2,1-3H3,(H,25,26). The third kappa shape index (κ3) is 6.46. The fourth-order valence-electron chi connectivity index (χ4n) is 4.52. The SMILES string of the molecule is CCNC(=NCc1ccc(CN2CCCC(C)C2)cc1)N1CCC(C(=O)OC)CC1. The molecule has 0 bridgehead atoms. The van der Waals surface area contributed by atoms with Gasteiger partial charge in [-0.15, -0.1) is 0 Å². The van der Waals surface area contributed by atoms with E-state index < -0.39 is 0 Å². The van der Waals surface area contributed by atoms with Crippen molar-refractivity contribution in [3.05, 3.63) is 35.4 Å². The Balaban J connectivity index is 1.53. The molecule has 2 saturated heterocycles. The molecule has 0 spiro atoms. The van der Waals surface area contributed by atoms with Crippen LogP contribution >= 0.6 is 0 Å². The van der Waals surface area contributed by atoms with E-state index in [1.807, 2.05) is 0 Å². The summed E-state index contributed by atoms with van der Waals surface area (Å²) in [6.45, 7) is 11.1. The number of rotatable bonds is 6. The van der Waals surface area contributed by atoms with Crippen molar-refractivity contribution in [2.45, 2.75) is 52.6 Å². The van der Waals surface area contributed by atoms with Gasteiger partial charge in [0, 0.05) is 32.7 Å². The van der Waals surface area contributed by atoms with E-state index in [1.54, 1.807) is 0 Å². The molecule has 1 N–H and O–H groups in total. The summed E-state index contributed by atoms with van der Waals surface area (Å²) in [7, 11) is 1.47. The molecular formula is C24H38N4O2. The number of benzene rings is 1. The fraction of sp³-hybridized carbons (Fsp3) is 0.667. The van der Waals surface area contributed by atoms with Crippen LogP contribution in [0.4, 0.5) is 0 Å². The number of methoxy groups -OCH3 is 1. The summed E-state index contributed by atoms with van der Waals surface area (Å²) >= 11 is 0. The van der Waals surface area contributed by atoms with Crippen molar-refractivity contribution in [3.8, 4) is 0 Å². The van der Waals surface area contributed by atoms with Crippen LogP contribution in [0.5, 0.6) is 0 Å². The van der Waals surface area contributed by atoms with Gasteiger partial charge in [-0.1, -0.05) is 31.2 Å². The molecular weight excluding hydrogens is 376 g/mol. The van der Waals surface area contributed by atoms with Crippen LogP contribution < -0.4 is 5.32 Å². The van der Waals surface area contributed by atoms with Crippen molar-refractivity contribution in [1.82, 2.24) is 15.1 Å². The second-order valence-electron chi connectivity index (χ2n) is 8.75. The van der Waals surface area contributed by atoms with Crippen LogP contribution in [0.3, 0.4) is 0 Å². The van der Waals surface area contributed by atoms with E-state index in [-0.39, 0.29) is 11.9 Å². The maximum Gasteiger partial charge on any atom is 0.308 e. The molecule has 2 aliphatic heterocycles. The van der Waals surface area contributed by atoms with Crippen LogP contribution in [0, 0.1) is 11.8 Å². The lowest BCUT2D eigenvalue weighted by atomic mass is 9.97. The molecule has 1 unspecified atom stereocenters. The van der Waals surface area contributed by atoms with Crippen molar-refractivity contribution in [2.24, 2.45) is 16.8 Å². The molecule has 2 heterocycles. The Morgan fingerprint density at radius 2 is 1.83 bits per heavy atom. The van der Waals surface area contributed by atoms with Gasteiger partial charge in [0.05, 0.1) is 19.6 Å². The number of carbonyl (C=O) groups excluding carboxylic acids is 1. The average Bonchev–Trinajstić information content (AvgIpc) is 2.77. The van der Waals surface area contributed by atoms with E-state index in [0.29, 0.717) is 6.54 Å². The van der Waals surface area contributed by atoms with Gasteiger partial charge >= 0.3 is 5.97 Å².